The highest BCUT2D eigenvalue weighted by Crippen LogP contribution is 2.27. The second kappa shape index (κ2) is 4.21. The first kappa shape index (κ1) is 11.7. The molecular formula is C16H9N3O2. The van der Waals surface area contributed by atoms with Crippen molar-refractivity contribution in [2.75, 3.05) is 4.90 Å². The van der Waals surface area contributed by atoms with E-state index in [9.17, 15) is 9.59 Å². The van der Waals surface area contributed by atoms with Gasteiger partial charge in [-0.15, -0.1) is 0 Å². The number of anilines is 1. The van der Waals surface area contributed by atoms with Gasteiger partial charge in [0.25, 0.3) is 11.8 Å². The van der Waals surface area contributed by atoms with Gasteiger partial charge >= 0.3 is 0 Å². The lowest BCUT2D eigenvalue weighted by atomic mass is 10.1. The molecule has 0 bridgehead atoms. The number of carbonyl (C=O) groups excluding carboxylic acids is 2. The van der Waals surface area contributed by atoms with Crippen LogP contribution in [0.1, 0.15) is 20.7 Å². The van der Waals surface area contributed by atoms with Crippen LogP contribution in [-0.4, -0.2) is 21.8 Å². The summed E-state index contributed by atoms with van der Waals surface area (Å²) in [4.78, 5) is 34.4. The number of benzene rings is 1. The molecule has 0 radical (unpaired) electrons. The summed E-state index contributed by atoms with van der Waals surface area (Å²) in [5.74, 6) is -0.362. The van der Waals surface area contributed by atoms with Gasteiger partial charge in [0, 0.05) is 6.20 Å². The van der Waals surface area contributed by atoms with Crippen molar-refractivity contribution < 1.29 is 9.59 Å². The third-order valence-electron chi connectivity index (χ3n) is 3.46. The van der Waals surface area contributed by atoms with Crippen LogP contribution in [0.2, 0.25) is 0 Å². The number of nitrogens with zero attached hydrogens (tertiary/aromatic N) is 3. The van der Waals surface area contributed by atoms with Gasteiger partial charge in [0.1, 0.15) is 5.82 Å². The molecule has 0 unspecified atom stereocenters. The van der Waals surface area contributed by atoms with Crippen LogP contribution in [0.4, 0.5) is 5.82 Å². The maximum atomic E-state index is 12.4. The van der Waals surface area contributed by atoms with Crippen molar-refractivity contribution in [2.45, 2.75) is 0 Å². The molecule has 2 amide bonds. The molecule has 100 valence electrons. The van der Waals surface area contributed by atoms with Crippen LogP contribution in [0.25, 0.3) is 11.0 Å². The fourth-order valence-corrected chi connectivity index (χ4v) is 2.47. The second-order valence-electron chi connectivity index (χ2n) is 4.70. The summed E-state index contributed by atoms with van der Waals surface area (Å²) in [5, 5.41) is 0. The fourth-order valence-electron chi connectivity index (χ4n) is 2.47. The topological polar surface area (TPSA) is 63.2 Å². The van der Waals surface area contributed by atoms with Crippen molar-refractivity contribution in [3.63, 3.8) is 0 Å². The number of fused-ring (bicyclic) bond motifs is 2. The number of aromatic nitrogens is 2. The van der Waals surface area contributed by atoms with Crippen molar-refractivity contribution in [1.82, 2.24) is 9.97 Å². The highest BCUT2D eigenvalue weighted by Gasteiger charge is 2.37. The van der Waals surface area contributed by atoms with Crippen LogP contribution in [0.15, 0.2) is 54.7 Å². The lowest BCUT2D eigenvalue weighted by molar-refractivity contribution is 0.0925. The molecule has 0 fully saturated rings. The summed E-state index contributed by atoms with van der Waals surface area (Å²) in [6.07, 6.45) is 1.67. The van der Waals surface area contributed by atoms with E-state index in [1.165, 1.54) is 0 Å². The zero-order chi connectivity index (χ0) is 14.4. The number of hydrogen-bond acceptors (Lipinski definition) is 4. The average Bonchev–Trinajstić information content (AvgIpc) is 2.79. The quantitative estimate of drug-likeness (QED) is 0.640. The van der Waals surface area contributed by atoms with Crippen LogP contribution >= 0.6 is 0 Å². The molecule has 1 aliphatic rings. The van der Waals surface area contributed by atoms with E-state index in [0.29, 0.717) is 22.5 Å². The lowest BCUT2D eigenvalue weighted by Crippen LogP contribution is -2.30. The monoisotopic (exact) mass is 275 g/mol. The lowest BCUT2D eigenvalue weighted by Gasteiger charge is -2.12. The van der Waals surface area contributed by atoms with Gasteiger partial charge < -0.3 is 0 Å². The van der Waals surface area contributed by atoms with Gasteiger partial charge in [-0.2, -0.15) is 0 Å². The van der Waals surface area contributed by atoms with E-state index in [1.807, 2.05) is 0 Å². The van der Waals surface area contributed by atoms with E-state index in [1.54, 1.807) is 54.7 Å². The van der Waals surface area contributed by atoms with E-state index < -0.39 is 0 Å². The summed E-state index contributed by atoms with van der Waals surface area (Å²) < 4.78 is 0. The number of hydrogen-bond donors (Lipinski definition) is 0. The zero-order valence-electron chi connectivity index (χ0n) is 10.9. The minimum atomic E-state index is -0.341. The third-order valence-corrected chi connectivity index (χ3v) is 3.46. The highest BCUT2D eigenvalue weighted by molar-refractivity contribution is 6.34. The molecule has 0 aliphatic carbocycles. The molecule has 5 heteroatoms. The molecule has 0 N–H and O–H groups in total. The van der Waals surface area contributed by atoms with Gasteiger partial charge in [-0.05, 0) is 36.4 Å². The minimum absolute atomic E-state index is 0.321. The Morgan fingerprint density at radius 1 is 0.762 bits per heavy atom. The standard InChI is InChI=1S/C16H9N3O2/c20-15-10-4-1-2-5-11(10)16(21)19(15)14-8-7-12-13(18-14)6-3-9-17-12/h1-9H. The van der Waals surface area contributed by atoms with Gasteiger partial charge in [-0.25, -0.2) is 9.88 Å². The van der Waals surface area contributed by atoms with Crippen molar-refractivity contribution >= 4 is 28.7 Å². The molecule has 3 aromatic rings. The maximum Gasteiger partial charge on any atom is 0.267 e. The van der Waals surface area contributed by atoms with Gasteiger partial charge in [0.2, 0.25) is 0 Å². The molecule has 1 aromatic carbocycles. The van der Waals surface area contributed by atoms with Crippen LogP contribution in [0.3, 0.4) is 0 Å². The van der Waals surface area contributed by atoms with Crippen LogP contribution in [-0.2, 0) is 0 Å². The Morgan fingerprint density at radius 2 is 1.48 bits per heavy atom. The summed E-state index contributed by atoms with van der Waals surface area (Å²) in [6, 6.07) is 13.7. The summed E-state index contributed by atoms with van der Waals surface area (Å²) in [5.41, 5.74) is 2.19. The molecule has 4 rings (SSSR count). The molecule has 3 heterocycles. The van der Waals surface area contributed by atoms with Crippen molar-refractivity contribution in [3.05, 3.63) is 65.9 Å². The Morgan fingerprint density at radius 3 is 2.19 bits per heavy atom. The number of amides is 2. The molecule has 2 aromatic heterocycles. The van der Waals surface area contributed by atoms with Crippen LogP contribution < -0.4 is 4.90 Å². The Labute approximate surface area is 119 Å². The highest BCUT2D eigenvalue weighted by atomic mass is 16.2. The first-order valence-electron chi connectivity index (χ1n) is 6.45. The SMILES string of the molecule is O=C1c2ccccc2C(=O)N1c1ccc2ncccc2n1. The van der Waals surface area contributed by atoms with Gasteiger partial charge in [-0.1, -0.05) is 12.1 Å². The molecule has 0 saturated heterocycles. The summed E-state index contributed by atoms with van der Waals surface area (Å²) in [6.45, 7) is 0. The van der Waals surface area contributed by atoms with E-state index >= 15 is 0 Å². The Bertz CT molecular complexity index is 870. The minimum Gasteiger partial charge on any atom is -0.268 e. The molecule has 0 saturated carbocycles. The molecule has 1 aliphatic heterocycles. The Hall–Kier alpha value is -3.08. The number of imide groups is 1. The van der Waals surface area contributed by atoms with Crippen LogP contribution in [0.5, 0.6) is 0 Å². The molecule has 0 spiro atoms. The number of carbonyl (C=O) groups is 2. The average molecular weight is 275 g/mol. The third kappa shape index (κ3) is 1.64. The van der Waals surface area contributed by atoms with E-state index in [0.717, 1.165) is 10.4 Å². The van der Waals surface area contributed by atoms with Gasteiger partial charge in [-0.3, -0.25) is 14.6 Å². The van der Waals surface area contributed by atoms with Gasteiger partial charge in [0.05, 0.1) is 22.2 Å². The van der Waals surface area contributed by atoms with Gasteiger partial charge in [0.15, 0.2) is 0 Å². The maximum absolute atomic E-state index is 12.4. The largest absolute Gasteiger partial charge is 0.268 e. The van der Waals surface area contributed by atoms with Crippen molar-refractivity contribution in [1.29, 1.82) is 0 Å². The molecule has 21 heavy (non-hydrogen) atoms. The zero-order valence-corrected chi connectivity index (χ0v) is 10.9. The molecule has 5 nitrogen and oxygen atoms in total. The molecular weight excluding hydrogens is 266 g/mol. The second-order valence-corrected chi connectivity index (χ2v) is 4.70. The van der Waals surface area contributed by atoms with E-state index in [2.05, 4.69) is 9.97 Å². The summed E-state index contributed by atoms with van der Waals surface area (Å²) in [7, 11) is 0. The molecule has 0 atom stereocenters. The Balaban J connectivity index is 1.86. The first-order valence-corrected chi connectivity index (χ1v) is 6.45. The van der Waals surface area contributed by atoms with Crippen LogP contribution in [0, 0.1) is 0 Å². The predicted octanol–water partition coefficient (Wildman–Crippen LogP) is 2.43. The van der Waals surface area contributed by atoms with E-state index in [4.69, 9.17) is 0 Å². The fraction of sp³-hybridized carbons (Fsp3) is 0. The van der Waals surface area contributed by atoms with E-state index in [-0.39, 0.29) is 11.8 Å². The van der Waals surface area contributed by atoms with Crippen molar-refractivity contribution in [3.8, 4) is 0 Å². The first-order chi connectivity index (χ1) is 10.3. The smallest absolute Gasteiger partial charge is 0.267 e. The number of pyridine rings is 2. The summed E-state index contributed by atoms with van der Waals surface area (Å²) >= 11 is 0. The normalized spacial score (nSPS) is 13.8. The Kier molecular flexibility index (Phi) is 2.35. The number of rotatable bonds is 1. The predicted molar refractivity (Wildman–Crippen MR) is 77.1 cm³/mol. The van der Waals surface area contributed by atoms with Crippen molar-refractivity contribution in [2.24, 2.45) is 0 Å².